The number of likely N-dealkylation sites (tertiary alicyclic amines) is 1. The predicted octanol–water partition coefficient (Wildman–Crippen LogP) is 2.94. The third-order valence-electron chi connectivity index (χ3n) is 7.03. The van der Waals surface area contributed by atoms with Crippen molar-refractivity contribution < 1.29 is 19.8 Å². The number of nitrogens with two attached hydrogens (primary N) is 2. The zero-order chi connectivity index (χ0) is 27.2. The number of hydrogen-bond acceptors (Lipinski definition) is 1. The van der Waals surface area contributed by atoms with E-state index in [0.717, 1.165) is 63.1 Å². The van der Waals surface area contributed by atoms with Gasteiger partial charge >= 0.3 is 0 Å². The zero-order valence-corrected chi connectivity index (χ0v) is 22.3. The van der Waals surface area contributed by atoms with E-state index >= 15 is 0 Å². The molecule has 1 aromatic rings. The van der Waals surface area contributed by atoms with Crippen molar-refractivity contribution in [2.45, 2.75) is 70.1 Å². The number of hydrogen-bond donors (Lipinski definition) is 2. The minimum absolute atomic E-state index is 0.00693. The van der Waals surface area contributed by atoms with Crippen LogP contribution in [0.25, 0.3) is 0 Å². The first-order valence-corrected chi connectivity index (χ1v) is 13.4. The highest BCUT2D eigenvalue weighted by atomic mass is 19.1. The number of amides is 1. The van der Waals surface area contributed by atoms with Crippen molar-refractivity contribution in [1.29, 1.82) is 0 Å². The summed E-state index contributed by atoms with van der Waals surface area (Å²) < 4.78 is 14.7. The SMILES string of the molecule is C#C.C#C.C#C.C1CCCCC1.C[NH2+]CCc1cccc(F)c1[C@@H]1C[NH2+]CC1C(=O)N1CCCCC1. The Morgan fingerprint density at radius 1 is 0.917 bits per heavy atom. The first-order chi connectivity index (χ1) is 17.7. The highest BCUT2D eigenvalue weighted by molar-refractivity contribution is 5.80. The Kier molecular flexibility index (Phi) is 19.8. The standard InChI is InChI=1S/C19H28FN3O.C6H12.3C2H2/c1-21-9-8-14-6-5-7-17(20)18(14)15-12-22-13-16(15)19(24)23-10-3-2-4-11-23;1-2-4-6-5-3-1;3*1-2/h5-7,15-16,21-22H,2-4,8-13H2,1H3;1-6H2;3*1-2H/p+2/t15-,16?;;;;/m1..../s1. The normalized spacial score (nSPS) is 20.4. The molecule has 36 heavy (non-hydrogen) atoms. The summed E-state index contributed by atoms with van der Waals surface area (Å²) in [7, 11) is 2.03. The Morgan fingerprint density at radius 3 is 1.97 bits per heavy atom. The average molecular weight is 498 g/mol. The van der Waals surface area contributed by atoms with E-state index in [-0.39, 0.29) is 23.6 Å². The van der Waals surface area contributed by atoms with Gasteiger partial charge in [0, 0.05) is 25.1 Å². The number of carbonyl (C=O) groups is 1. The van der Waals surface area contributed by atoms with Gasteiger partial charge in [0.25, 0.3) is 0 Å². The van der Waals surface area contributed by atoms with Crippen LogP contribution < -0.4 is 10.6 Å². The molecule has 4 nitrogen and oxygen atoms in total. The molecule has 2 heterocycles. The molecule has 0 aromatic heterocycles. The summed E-state index contributed by atoms with van der Waals surface area (Å²) in [6.07, 6.45) is 37.3. The number of terminal acetylenes is 3. The molecule has 198 valence electrons. The van der Waals surface area contributed by atoms with Crippen LogP contribution in [0.3, 0.4) is 0 Å². The predicted molar refractivity (Wildman–Crippen MR) is 149 cm³/mol. The number of halogens is 1. The molecule has 2 atom stereocenters. The molecule has 1 aromatic carbocycles. The molecule has 0 radical (unpaired) electrons. The Bertz CT molecular complexity index is 750. The van der Waals surface area contributed by atoms with E-state index in [1.807, 2.05) is 18.0 Å². The first kappa shape index (κ1) is 33.2. The maximum atomic E-state index is 14.7. The molecule has 1 aliphatic carbocycles. The van der Waals surface area contributed by atoms with E-state index < -0.39 is 0 Å². The summed E-state index contributed by atoms with van der Waals surface area (Å²) in [5, 5.41) is 4.30. The molecule has 4 N–H and O–H groups in total. The molecule has 3 fully saturated rings. The van der Waals surface area contributed by atoms with Gasteiger partial charge < -0.3 is 15.5 Å². The Morgan fingerprint density at radius 2 is 1.44 bits per heavy atom. The Labute approximate surface area is 220 Å². The topological polar surface area (TPSA) is 53.5 Å². The van der Waals surface area contributed by atoms with Gasteiger partial charge in [0.05, 0.1) is 38.5 Å². The molecule has 2 aliphatic heterocycles. The number of rotatable bonds is 5. The molecule has 3 aliphatic rings. The molecule has 0 spiro atoms. The quantitative estimate of drug-likeness (QED) is 0.604. The molecule has 0 bridgehead atoms. The highest BCUT2D eigenvalue weighted by Crippen LogP contribution is 2.32. The first-order valence-electron chi connectivity index (χ1n) is 13.4. The second kappa shape index (κ2) is 21.5. The van der Waals surface area contributed by atoms with Crippen LogP contribution in [0.2, 0.25) is 0 Å². The van der Waals surface area contributed by atoms with Crippen LogP contribution in [0.4, 0.5) is 4.39 Å². The minimum atomic E-state index is -0.139. The van der Waals surface area contributed by atoms with Crippen molar-refractivity contribution in [2.24, 2.45) is 5.92 Å². The van der Waals surface area contributed by atoms with E-state index in [1.165, 1.54) is 44.9 Å². The van der Waals surface area contributed by atoms with Crippen LogP contribution in [-0.4, -0.2) is 50.6 Å². The number of piperidine rings is 1. The number of likely N-dealkylation sites (N-methyl/N-ethyl adjacent to an activating group) is 1. The van der Waals surface area contributed by atoms with Crippen molar-refractivity contribution in [3.8, 4) is 38.5 Å². The van der Waals surface area contributed by atoms with Crippen molar-refractivity contribution in [3.05, 3.63) is 35.1 Å². The molecular formula is C31H48FN3O+2. The monoisotopic (exact) mass is 497 g/mol. The van der Waals surface area contributed by atoms with Crippen LogP contribution in [0.15, 0.2) is 18.2 Å². The summed E-state index contributed by atoms with van der Waals surface area (Å²) in [4.78, 5) is 15.0. The summed E-state index contributed by atoms with van der Waals surface area (Å²) in [5.41, 5.74) is 1.87. The lowest BCUT2D eigenvalue weighted by molar-refractivity contribution is -0.638. The minimum Gasteiger partial charge on any atom is -0.348 e. The van der Waals surface area contributed by atoms with Crippen molar-refractivity contribution >= 4 is 5.91 Å². The van der Waals surface area contributed by atoms with E-state index in [4.69, 9.17) is 0 Å². The van der Waals surface area contributed by atoms with Crippen LogP contribution in [0.1, 0.15) is 74.8 Å². The van der Waals surface area contributed by atoms with Gasteiger partial charge in [-0.25, -0.2) is 4.39 Å². The van der Waals surface area contributed by atoms with Gasteiger partial charge in [-0.05, 0) is 30.9 Å². The lowest BCUT2D eigenvalue weighted by Crippen LogP contribution is -2.81. The van der Waals surface area contributed by atoms with E-state index in [2.05, 4.69) is 49.2 Å². The number of quaternary nitrogens is 2. The lowest BCUT2D eigenvalue weighted by Gasteiger charge is -2.30. The van der Waals surface area contributed by atoms with E-state index in [9.17, 15) is 9.18 Å². The average Bonchev–Trinajstić information content (AvgIpc) is 3.46. The fourth-order valence-electron chi connectivity index (χ4n) is 5.30. The molecule has 1 amide bonds. The van der Waals surface area contributed by atoms with Crippen LogP contribution in [-0.2, 0) is 11.2 Å². The van der Waals surface area contributed by atoms with Crippen LogP contribution in [0.5, 0.6) is 0 Å². The number of nitrogens with zero attached hydrogens (tertiary/aromatic N) is 1. The summed E-state index contributed by atoms with van der Waals surface area (Å²) in [6, 6.07) is 5.38. The lowest BCUT2D eigenvalue weighted by atomic mass is 9.84. The Hall–Kier alpha value is -2.78. The number of benzene rings is 1. The van der Waals surface area contributed by atoms with Gasteiger partial charge in [-0.3, -0.25) is 4.79 Å². The molecule has 1 saturated carbocycles. The van der Waals surface area contributed by atoms with E-state index in [1.54, 1.807) is 12.1 Å². The highest BCUT2D eigenvalue weighted by Gasteiger charge is 2.41. The van der Waals surface area contributed by atoms with Gasteiger partial charge in [0.1, 0.15) is 5.82 Å². The summed E-state index contributed by atoms with van der Waals surface area (Å²) >= 11 is 0. The molecule has 4 rings (SSSR count). The van der Waals surface area contributed by atoms with Gasteiger partial charge in [0.15, 0.2) is 0 Å². The van der Waals surface area contributed by atoms with Crippen molar-refractivity contribution in [3.63, 3.8) is 0 Å². The van der Waals surface area contributed by atoms with Crippen molar-refractivity contribution in [2.75, 3.05) is 39.8 Å². The molecule has 2 saturated heterocycles. The molecule has 5 heteroatoms. The molecule has 1 unspecified atom stereocenters. The zero-order valence-electron chi connectivity index (χ0n) is 22.3. The largest absolute Gasteiger partial charge is 0.348 e. The second-order valence-corrected chi connectivity index (χ2v) is 9.24. The third-order valence-corrected chi connectivity index (χ3v) is 7.03. The fourth-order valence-corrected chi connectivity index (χ4v) is 5.30. The van der Waals surface area contributed by atoms with Gasteiger partial charge in [-0.1, -0.05) is 50.7 Å². The maximum absolute atomic E-state index is 14.7. The van der Waals surface area contributed by atoms with E-state index in [0.29, 0.717) is 0 Å². The summed E-state index contributed by atoms with van der Waals surface area (Å²) in [6.45, 7) is 4.28. The molecular weight excluding hydrogens is 449 g/mol. The van der Waals surface area contributed by atoms with Crippen molar-refractivity contribution in [1.82, 2.24) is 4.90 Å². The second-order valence-electron chi connectivity index (χ2n) is 9.24. The van der Waals surface area contributed by atoms with Gasteiger partial charge in [-0.2, -0.15) is 0 Å². The summed E-state index contributed by atoms with van der Waals surface area (Å²) in [5.74, 6) is 0.0295. The van der Waals surface area contributed by atoms with Gasteiger partial charge in [0.2, 0.25) is 5.91 Å². The third kappa shape index (κ3) is 10.9. The van der Waals surface area contributed by atoms with Crippen LogP contribution >= 0.6 is 0 Å². The fraction of sp³-hybridized carbons (Fsp3) is 0.581. The Balaban J connectivity index is 0.000000859. The smallest absolute Gasteiger partial charge is 0.232 e. The van der Waals surface area contributed by atoms with Crippen LogP contribution in [0, 0.1) is 50.3 Å². The van der Waals surface area contributed by atoms with Gasteiger partial charge in [-0.15, -0.1) is 38.5 Å². The maximum Gasteiger partial charge on any atom is 0.232 e. The number of carbonyl (C=O) groups excluding carboxylic acids is 1.